The number of aliphatic hydroxyl groups is 1. The molecule has 1 unspecified atom stereocenters. The second-order valence-electron chi connectivity index (χ2n) is 2.65. The Morgan fingerprint density at radius 1 is 1.55 bits per heavy atom. The second kappa shape index (κ2) is 3.07. The monoisotopic (exact) mass is 154 g/mol. The molecule has 3 heteroatoms. The summed E-state index contributed by atoms with van der Waals surface area (Å²) in [5, 5.41) is 15.5. The zero-order valence-electron chi connectivity index (χ0n) is 6.89. The van der Waals surface area contributed by atoms with Crippen molar-refractivity contribution in [2.75, 3.05) is 14.1 Å². The van der Waals surface area contributed by atoms with E-state index in [1.165, 1.54) is 0 Å². The maximum Gasteiger partial charge on any atom is 0.140 e. The minimum absolute atomic E-state index is 0.594. The van der Waals surface area contributed by atoms with Gasteiger partial charge in [0.25, 0.3) is 0 Å². The van der Waals surface area contributed by atoms with Gasteiger partial charge >= 0.3 is 0 Å². The van der Waals surface area contributed by atoms with Gasteiger partial charge in [-0.1, -0.05) is 6.08 Å². The molecule has 3 nitrogen and oxygen atoms in total. The molecule has 1 aliphatic carbocycles. The standard InChI is InChI=1S/C8H14N2O/c1-9-7-4-3-5-8(11,6-7)10-2/h3-5,9-11H,6H2,1-2H3. The van der Waals surface area contributed by atoms with E-state index in [0.29, 0.717) is 6.42 Å². The van der Waals surface area contributed by atoms with Crippen molar-refractivity contribution < 1.29 is 5.11 Å². The minimum Gasteiger partial charge on any atom is -0.391 e. The summed E-state index contributed by atoms with van der Waals surface area (Å²) in [7, 11) is 3.59. The quantitative estimate of drug-likeness (QED) is 0.489. The normalized spacial score (nSPS) is 29.9. The highest BCUT2D eigenvalue weighted by atomic mass is 16.3. The number of hydrogen-bond donors (Lipinski definition) is 3. The molecule has 0 bridgehead atoms. The number of hydrogen-bond acceptors (Lipinski definition) is 3. The summed E-state index contributed by atoms with van der Waals surface area (Å²) in [6.45, 7) is 0. The van der Waals surface area contributed by atoms with Crippen LogP contribution in [0.4, 0.5) is 0 Å². The van der Waals surface area contributed by atoms with E-state index in [1.807, 2.05) is 19.2 Å². The molecule has 1 aliphatic rings. The Morgan fingerprint density at radius 2 is 2.27 bits per heavy atom. The van der Waals surface area contributed by atoms with Crippen molar-refractivity contribution in [2.45, 2.75) is 12.1 Å². The lowest BCUT2D eigenvalue weighted by Gasteiger charge is -2.27. The van der Waals surface area contributed by atoms with Crippen LogP contribution >= 0.6 is 0 Å². The fourth-order valence-corrected chi connectivity index (χ4v) is 1.08. The molecule has 0 saturated heterocycles. The topological polar surface area (TPSA) is 44.3 Å². The molecule has 0 aromatic carbocycles. The third-order valence-electron chi connectivity index (χ3n) is 1.88. The van der Waals surface area contributed by atoms with E-state index in [9.17, 15) is 5.11 Å². The summed E-state index contributed by atoms with van der Waals surface area (Å²) >= 11 is 0. The molecule has 0 aromatic heterocycles. The Hall–Kier alpha value is -0.800. The number of rotatable bonds is 2. The maximum absolute atomic E-state index is 9.70. The first-order chi connectivity index (χ1) is 5.20. The predicted molar refractivity (Wildman–Crippen MR) is 44.9 cm³/mol. The van der Waals surface area contributed by atoms with Gasteiger partial charge in [-0.2, -0.15) is 0 Å². The molecule has 11 heavy (non-hydrogen) atoms. The fourth-order valence-electron chi connectivity index (χ4n) is 1.08. The highest BCUT2D eigenvalue weighted by Gasteiger charge is 2.23. The van der Waals surface area contributed by atoms with Crippen LogP contribution < -0.4 is 10.6 Å². The van der Waals surface area contributed by atoms with Crippen molar-refractivity contribution in [2.24, 2.45) is 0 Å². The maximum atomic E-state index is 9.70. The fraction of sp³-hybridized carbons (Fsp3) is 0.500. The highest BCUT2D eigenvalue weighted by molar-refractivity contribution is 5.22. The lowest BCUT2D eigenvalue weighted by molar-refractivity contribution is 0.0604. The third kappa shape index (κ3) is 1.82. The van der Waals surface area contributed by atoms with Gasteiger partial charge in [0.15, 0.2) is 0 Å². The summed E-state index contributed by atoms with van der Waals surface area (Å²) in [4.78, 5) is 0. The van der Waals surface area contributed by atoms with Gasteiger partial charge in [-0.25, -0.2) is 0 Å². The number of allylic oxidation sites excluding steroid dienone is 2. The smallest absolute Gasteiger partial charge is 0.140 e. The molecule has 62 valence electrons. The Bertz CT molecular complexity index is 198. The first-order valence-electron chi connectivity index (χ1n) is 3.67. The van der Waals surface area contributed by atoms with Crippen LogP contribution in [0, 0.1) is 0 Å². The van der Waals surface area contributed by atoms with E-state index in [4.69, 9.17) is 0 Å². The molecule has 0 aromatic rings. The molecule has 0 aliphatic heterocycles. The van der Waals surface area contributed by atoms with Crippen LogP contribution in [0.25, 0.3) is 0 Å². The van der Waals surface area contributed by atoms with Crippen LogP contribution in [-0.4, -0.2) is 24.9 Å². The Balaban J connectivity index is 2.68. The molecule has 1 rings (SSSR count). The van der Waals surface area contributed by atoms with Gasteiger partial charge in [-0.3, -0.25) is 5.32 Å². The molecule has 1 atom stereocenters. The van der Waals surface area contributed by atoms with Gasteiger partial charge in [0.05, 0.1) is 0 Å². The molecule has 0 fully saturated rings. The Labute approximate surface area is 66.8 Å². The SMILES string of the molecule is CNC1=CC=CC(O)(NC)C1. The lowest BCUT2D eigenvalue weighted by Crippen LogP contribution is -2.43. The van der Waals surface area contributed by atoms with Crippen LogP contribution in [0.15, 0.2) is 23.9 Å². The van der Waals surface area contributed by atoms with Crippen LogP contribution in [0.2, 0.25) is 0 Å². The van der Waals surface area contributed by atoms with Gasteiger partial charge in [0.2, 0.25) is 0 Å². The van der Waals surface area contributed by atoms with Gasteiger partial charge in [0.1, 0.15) is 5.72 Å². The predicted octanol–water partition coefficient (Wildman–Crippen LogP) is -0.0424. The highest BCUT2D eigenvalue weighted by Crippen LogP contribution is 2.17. The van der Waals surface area contributed by atoms with Crippen molar-refractivity contribution in [3.63, 3.8) is 0 Å². The van der Waals surface area contributed by atoms with Crippen molar-refractivity contribution in [1.82, 2.24) is 10.6 Å². The van der Waals surface area contributed by atoms with Gasteiger partial charge in [-0.05, 0) is 19.2 Å². The number of nitrogens with one attached hydrogen (secondary N) is 2. The molecule has 3 N–H and O–H groups in total. The Morgan fingerprint density at radius 3 is 2.82 bits per heavy atom. The summed E-state index contributed by atoms with van der Waals surface area (Å²) in [6.07, 6.45) is 6.13. The van der Waals surface area contributed by atoms with Crippen molar-refractivity contribution in [1.29, 1.82) is 0 Å². The molecule has 0 radical (unpaired) electrons. The molecule has 0 saturated carbocycles. The Kier molecular flexibility index (Phi) is 2.31. The van der Waals surface area contributed by atoms with E-state index in [1.54, 1.807) is 13.1 Å². The summed E-state index contributed by atoms with van der Waals surface area (Å²) in [5.41, 5.74) is 0.164. The average Bonchev–Trinajstić information content (AvgIpc) is 2.05. The molecule has 0 spiro atoms. The lowest BCUT2D eigenvalue weighted by atomic mass is 10.0. The summed E-state index contributed by atoms with van der Waals surface area (Å²) in [5.74, 6) is 0. The van der Waals surface area contributed by atoms with Gasteiger partial charge in [-0.15, -0.1) is 0 Å². The first kappa shape index (κ1) is 8.30. The van der Waals surface area contributed by atoms with Crippen LogP contribution in [0.1, 0.15) is 6.42 Å². The second-order valence-corrected chi connectivity index (χ2v) is 2.65. The number of likely N-dealkylation sites (N-methyl/N-ethyl adjacent to an activating group) is 1. The molecule has 0 amide bonds. The van der Waals surface area contributed by atoms with Crippen LogP contribution in [0.5, 0.6) is 0 Å². The zero-order chi connectivity index (χ0) is 8.32. The van der Waals surface area contributed by atoms with Crippen LogP contribution in [-0.2, 0) is 0 Å². The van der Waals surface area contributed by atoms with Crippen LogP contribution in [0.3, 0.4) is 0 Å². The minimum atomic E-state index is -0.868. The van der Waals surface area contributed by atoms with E-state index in [2.05, 4.69) is 10.6 Å². The summed E-state index contributed by atoms with van der Waals surface area (Å²) in [6, 6.07) is 0. The van der Waals surface area contributed by atoms with E-state index in [0.717, 1.165) is 5.70 Å². The summed E-state index contributed by atoms with van der Waals surface area (Å²) < 4.78 is 0. The van der Waals surface area contributed by atoms with Gasteiger partial charge < -0.3 is 10.4 Å². The van der Waals surface area contributed by atoms with E-state index >= 15 is 0 Å². The zero-order valence-corrected chi connectivity index (χ0v) is 6.89. The third-order valence-corrected chi connectivity index (χ3v) is 1.88. The largest absolute Gasteiger partial charge is 0.391 e. The molecule has 0 heterocycles. The van der Waals surface area contributed by atoms with E-state index in [-0.39, 0.29) is 0 Å². The molecular weight excluding hydrogens is 140 g/mol. The van der Waals surface area contributed by atoms with Crippen molar-refractivity contribution in [3.05, 3.63) is 23.9 Å². The average molecular weight is 154 g/mol. The molecular formula is C8H14N2O. The van der Waals surface area contributed by atoms with Gasteiger partial charge in [0, 0.05) is 19.2 Å². The van der Waals surface area contributed by atoms with E-state index < -0.39 is 5.72 Å². The first-order valence-corrected chi connectivity index (χ1v) is 3.67. The van der Waals surface area contributed by atoms with Crippen molar-refractivity contribution >= 4 is 0 Å². The van der Waals surface area contributed by atoms with Crippen molar-refractivity contribution in [3.8, 4) is 0 Å².